The van der Waals surface area contributed by atoms with Gasteiger partial charge in [0.05, 0.1) is 17.7 Å². The van der Waals surface area contributed by atoms with Crippen LogP contribution in [-0.4, -0.2) is 24.6 Å². The fraction of sp³-hybridized carbons (Fsp3) is 0.286. The van der Waals surface area contributed by atoms with E-state index in [4.69, 9.17) is 0 Å². The van der Waals surface area contributed by atoms with Gasteiger partial charge in [0.15, 0.2) is 0 Å². The van der Waals surface area contributed by atoms with Crippen LogP contribution in [0.25, 0.3) is 0 Å². The summed E-state index contributed by atoms with van der Waals surface area (Å²) in [5.74, 6) is -1.09. The van der Waals surface area contributed by atoms with Crippen molar-refractivity contribution in [3.8, 4) is 0 Å². The van der Waals surface area contributed by atoms with E-state index in [0.717, 1.165) is 29.8 Å². The van der Waals surface area contributed by atoms with Gasteiger partial charge in [0, 0.05) is 18.7 Å². The molecule has 3 rings (SSSR count). The number of aryl methyl sites for hydroxylation is 1. The summed E-state index contributed by atoms with van der Waals surface area (Å²) < 4.78 is 37.7. The zero-order valence-corrected chi connectivity index (χ0v) is 15.7. The van der Waals surface area contributed by atoms with Crippen molar-refractivity contribution in [2.75, 3.05) is 11.4 Å². The van der Waals surface area contributed by atoms with Crippen LogP contribution in [0.1, 0.15) is 30.0 Å². The maximum atomic E-state index is 12.6. The van der Waals surface area contributed by atoms with Crippen molar-refractivity contribution in [2.45, 2.75) is 25.9 Å². The molecule has 1 aliphatic rings. The third kappa shape index (κ3) is 5.01. The minimum Gasteiger partial charge on any atom is -0.312 e. The van der Waals surface area contributed by atoms with E-state index in [2.05, 4.69) is 10.5 Å². The van der Waals surface area contributed by atoms with Gasteiger partial charge in [0.2, 0.25) is 11.8 Å². The number of carbonyl (C=O) groups is 2. The quantitative estimate of drug-likeness (QED) is 0.610. The molecule has 0 bridgehead atoms. The summed E-state index contributed by atoms with van der Waals surface area (Å²) in [7, 11) is 0. The van der Waals surface area contributed by atoms with E-state index in [0.29, 0.717) is 5.56 Å². The highest BCUT2D eigenvalue weighted by molar-refractivity contribution is 6.00. The molecule has 29 heavy (non-hydrogen) atoms. The molecule has 1 aliphatic heterocycles. The number of nitrogens with zero attached hydrogens (tertiary/aromatic N) is 2. The monoisotopic (exact) mass is 403 g/mol. The average Bonchev–Trinajstić information content (AvgIpc) is 3.09. The summed E-state index contributed by atoms with van der Waals surface area (Å²) in [6, 6.07) is 12.0. The van der Waals surface area contributed by atoms with Crippen molar-refractivity contribution in [1.29, 1.82) is 0 Å². The molecular formula is C21H20F3N3O2. The van der Waals surface area contributed by atoms with Crippen molar-refractivity contribution in [1.82, 2.24) is 5.43 Å². The average molecular weight is 403 g/mol. The second kappa shape index (κ2) is 8.46. The Morgan fingerprint density at radius 2 is 1.83 bits per heavy atom. The lowest BCUT2D eigenvalue weighted by Gasteiger charge is -2.16. The van der Waals surface area contributed by atoms with Crippen LogP contribution in [0, 0.1) is 5.92 Å². The molecule has 1 fully saturated rings. The fourth-order valence-corrected chi connectivity index (χ4v) is 3.06. The highest BCUT2D eigenvalue weighted by Gasteiger charge is 2.35. The summed E-state index contributed by atoms with van der Waals surface area (Å²) in [6.07, 6.45) is -2.16. The first kappa shape index (κ1) is 20.6. The predicted octanol–water partition coefficient (Wildman–Crippen LogP) is 3.77. The summed E-state index contributed by atoms with van der Waals surface area (Å²) in [4.78, 5) is 26.1. The summed E-state index contributed by atoms with van der Waals surface area (Å²) in [6.45, 7) is 2.30. The van der Waals surface area contributed by atoms with Gasteiger partial charge in [0.1, 0.15) is 0 Å². The predicted molar refractivity (Wildman–Crippen MR) is 103 cm³/mol. The van der Waals surface area contributed by atoms with E-state index in [1.165, 1.54) is 18.3 Å². The number of rotatable bonds is 5. The van der Waals surface area contributed by atoms with Crippen LogP contribution in [-0.2, 0) is 22.2 Å². The Morgan fingerprint density at radius 3 is 2.41 bits per heavy atom. The van der Waals surface area contributed by atoms with E-state index >= 15 is 0 Å². The molecule has 1 heterocycles. The number of hydrazone groups is 1. The van der Waals surface area contributed by atoms with E-state index < -0.39 is 23.6 Å². The molecule has 0 aliphatic carbocycles. The first-order valence-electron chi connectivity index (χ1n) is 9.17. The second-order valence-corrected chi connectivity index (χ2v) is 6.78. The number of nitrogens with one attached hydrogen (secondary N) is 1. The van der Waals surface area contributed by atoms with Crippen molar-refractivity contribution in [3.63, 3.8) is 0 Å². The number of benzene rings is 2. The lowest BCUT2D eigenvalue weighted by molar-refractivity contribution is -0.137. The van der Waals surface area contributed by atoms with Gasteiger partial charge >= 0.3 is 6.18 Å². The topological polar surface area (TPSA) is 61.8 Å². The zero-order chi connectivity index (χ0) is 21.0. The second-order valence-electron chi connectivity index (χ2n) is 6.78. The van der Waals surface area contributed by atoms with Crippen molar-refractivity contribution < 1.29 is 22.8 Å². The summed E-state index contributed by atoms with van der Waals surface area (Å²) >= 11 is 0. The van der Waals surface area contributed by atoms with Gasteiger partial charge < -0.3 is 4.90 Å². The molecule has 152 valence electrons. The summed E-state index contributed by atoms with van der Waals surface area (Å²) in [5.41, 5.74) is 3.92. The smallest absolute Gasteiger partial charge is 0.312 e. The molecule has 8 heteroatoms. The molecule has 2 amide bonds. The normalized spacial score (nSPS) is 17.2. The largest absolute Gasteiger partial charge is 0.416 e. The van der Waals surface area contributed by atoms with Gasteiger partial charge in [-0.05, 0) is 41.8 Å². The third-order valence-corrected chi connectivity index (χ3v) is 4.78. The molecule has 5 nitrogen and oxygen atoms in total. The number of halogens is 3. The third-order valence-electron chi connectivity index (χ3n) is 4.78. The van der Waals surface area contributed by atoms with Crippen LogP contribution < -0.4 is 10.3 Å². The van der Waals surface area contributed by atoms with Crippen LogP contribution in [0.15, 0.2) is 53.6 Å². The Bertz CT molecular complexity index is 906. The SMILES string of the molecule is CCc1ccc(N2C[C@H](C(=O)N/N=C/c3ccc(C(F)(F)F)cc3)CC2=O)cc1. The number of anilines is 1. The lowest BCUT2D eigenvalue weighted by atomic mass is 10.1. The first-order valence-corrected chi connectivity index (χ1v) is 9.17. The van der Waals surface area contributed by atoms with Crippen LogP contribution >= 0.6 is 0 Å². The fourth-order valence-electron chi connectivity index (χ4n) is 3.06. The Morgan fingerprint density at radius 1 is 1.17 bits per heavy atom. The summed E-state index contributed by atoms with van der Waals surface area (Å²) in [5, 5.41) is 3.79. The Kier molecular flexibility index (Phi) is 6.00. The number of hydrogen-bond donors (Lipinski definition) is 1. The van der Waals surface area contributed by atoms with Crippen LogP contribution in [0.4, 0.5) is 18.9 Å². The molecule has 2 aromatic carbocycles. The molecular weight excluding hydrogens is 383 g/mol. The molecule has 0 spiro atoms. The highest BCUT2D eigenvalue weighted by atomic mass is 19.4. The highest BCUT2D eigenvalue weighted by Crippen LogP contribution is 2.29. The van der Waals surface area contributed by atoms with Crippen LogP contribution in [0.5, 0.6) is 0 Å². The van der Waals surface area contributed by atoms with Gasteiger partial charge in [-0.1, -0.05) is 31.2 Å². The maximum absolute atomic E-state index is 12.6. The Hall–Kier alpha value is -3.16. The van der Waals surface area contributed by atoms with Crippen molar-refractivity contribution in [3.05, 3.63) is 65.2 Å². The van der Waals surface area contributed by atoms with Gasteiger partial charge in [0.25, 0.3) is 0 Å². The molecule has 1 saturated heterocycles. The molecule has 0 saturated carbocycles. The van der Waals surface area contributed by atoms with Crippen LogP contribution in [0.2, 0.25) is 0 Å². The lowest BCUT2D eigenvalue weighted by Crippen LogP contribution is -2.30. The van der Waals surface area contributed by atoms with E-state index in [9.17, 15) is 22.8 Å². The van der Waals surface area contributed by atoms with Crippen LogP contribution in [0.3, 0.4) is 0 Å². The molecule has 0 unspecified atom stereocenters. The Labute approximate surface area is 166 Å². The van der Waals surface area contributed by atoms with Gasteiger partial charge in [-0.15, -0.1) is 0 Å². The van der Waals surface area contributed by atoms with Gasteiger partial charge in [-0.2, -0.15) is 18.3 Å². The molecule has 2 aromatic rings. The van der Waals surface area contributed by atoms with E-state index in [1.807, 2.05) is 31.2 Å². The minimum absolute atomic E-state index is 0.0805. The van der Waals surface area contributed by atoms with Crippen molar-refractivity contribution in [2.24, 2.45) is 11.0 Å². The zero-order valence-electron chi connectivity index (χ0n) is 15.7. The van der Waals surface area contributed by atoms with Crippen molar-refractivity contribution >= 4 is 23.7 Å². The molecule has 0 aromatic heterocycles. The molecule has 0 radical (unpaired) electrons. The Balaban J connectivity index is 1.57. The molecule has 1 N–H and O–H groups in total. The standard InChI is InChI=1S/C21H20F3N3O2/c1-2-14-5-9-18(10-6-14)27-13-16(11-19(27)28)20(29)26-25-12-15-3-7-17(8-4-15)21(22,23)24/h3-10,12,16H,2,11,13H2,1H3,(H,26,29)/b25-12+/t16-/m1/s1. The van der Waals surface area contributed by atoms with Gasteiger partial charge in [-0.3, -0.25) is 9.59 Å². The van der Waals surface area contributed by atoms with E-state index in [-0.39, 0.29) is 18.9 Å². The molecule has 1 atom stereocenters. The number of hydrogen-bond acceptors (Lipinski definition) is 3. The number of carbonyl (C=O) groups excluding carboxylic acids is 2. The van der Waals surface area contributed by atoms with E-state index in [1.54, 1.807) is 4.90 Å². The number of amides is 2. The minimum atomic E-state index is -4.40. The van der Waals surface area contributed by atoms with Gasteiger partial charge in [-0.25, -0.2) is 5.43 Å². The first-order chi connectivity index (χ1) is 13.8. The maximum Gasteiger partial charge on any atom is 0.416 e. The number of alkyl halides is 3.